The molecule has 0 radical (unpaired) electrons. The van der Waals surface area contributed by atoms with Crippen LogP contribution < -0.4 is 5.32 Å². The maximum Gasteiger partial charge on any atom is 0.266 e. The molecule has 0 spiro atoms. The van der Waals surface area contributed by atoms with E-state index in [9.17, 15) is 10.1 Å². The molecule has 2 aromatic carbocycles. The molecule has 0 saturated heterocycles. The molecule has 0 aliphatic heterocycles. The second-order valence-corrected chi connectivity index (χ2v) is 8.48. The summed E-state index contributed by atoms with van der Waals surface area (Å²) >= 11 is 3.37. The second-order valence-electron chi connectivity index (χ2n) is 7.56. The number of anilines is 1. The number of benzene rings is 2. The van der Waals surface area contributed by atoms with Gasteiger partial charge in [-0.05, 0) is 86.4 Å². The van der Waals surface area contributed by atoms with Crippen molar-refractivity contribution in [3.05, 3.63) is 87.2 Å². The van der Waals surface area contributed by atoms with E-state index in [0.29, 0.717) is 5.69 Å². The highest BCUT2D eigenvalue weighted by Gasteiger charge is 2.14. The van der Waals surface area contributed by atoms with Crippen LogP contribution in [0.1, 0.15) is 42.3 Å². The predicted octanol–water partition coefficient (Wildman–Crippen LogP) is 6.74. The lowest BCUT2D eigenvalue weighted by Gasteiger charge is -2.11. The molecule has 0 aliphatic carbocycles. The first-order valence-corrected chi connectivity index (χ1v) is 11.2. The Kier molecular flexibility index (Phi) is 7.49. The standard InChI is InChI=1S/C26H26BrN3O/c1-4-5-6-20-7-13-25(14-8-20)30-18(2)15-21(19(30)3)16-22(17-28)26(31)29-24-11-9-23(27)10-12-24/h7-16H,4-6H2,1-3H3,(H,29,31)/b22-16-. The Morgan fingerprint density at radius 1 is 1.13 bits per heavy atom. The molecule has 1 N–H and O–H groups in total. The van der Waals surface area contributed by atoms with Crippen LogP contribution in [-0.4, -0.2) is 10.5 Å². The molecule has 4 nitrogen and oxygen atoms in total. The predicted molar refractivity (Wildman–Crippen MR) is 130 cm³/mol. The van der Waals surface area contributed by atoms with E-state index in [1.54, 1.807) is 18.2 Å². The lowest BCUT2D eigenvalue weighted by atomic mass is 10.1. The monoisotopic (exact) mass is 475 g/mol. The molecule has 5 heteroatoms. The summed E-state index contributed by atoms with van der Waals surface area (Å²) in [5.41, 5.74) is 6.02. The summed E-state index contributed by atoms with van der Waals surface area (Å²) in [6, 6.07) is 19.9. The summed E-state index contributed by atoms with van der Waals surface area (Å²) in [5, 5.41) is 12.4. The Labute approximate surface area is 192 Å². The fourth-order valence-corrected chi connectivity index (χ4v) is 3.82. The summed E-state index contributed by atoms with van der Waals surface area (Å²) in [6.45, 7) is 6.24. The normalized spacial score (nSPS) is 11.3. The minimum absolute atomic E-state index is 0.0677. The summed E-state index contributed by atoms with van der Waals surface area (Å²) in [7, 11) is 0. The Morgan fingerprint density at radius 2 is 1.81 bits per heavy atom. The van der Waals surface area contributed by atoms with Gasteiger partial charge in [0, 0.05) is 27.2 Å². The highest BCUT2D eigenvalue weighted by Crippen LogP contribution is 2.24. The van der Waals surface area contributed by atoms with Gasteiger partial charge in [-0.1, -0.05) is 41.4 Å². The molecule has 1 heterocycles. The number of nitrogens with one attached hydrogen (secondary N) is 1. The third-order valence-electron chi connectivity index (χ3n) is 5.25. The number of hydrogen-bond donors (Lipinski definition) is 1. The lowest BCUT2D eigenvalue weighted by molar-refractivity contribution is -0.112. The van der Waals surface area contributed by atoms with Crippen molar-refractivity contribution in [2.24, 2.45) is 0 Å². The first kappa shape index (κ1) is 22.6. The zero-order valence-corrected chi connectivity index (χ0v) is 19.7. The minimum atomic E-state index is -0.421. The van der Waals surface area contributed by atoms with Crippen LogP contribution >= 0.6 is 15.9 Å². The van der Waals surface area contributed by atoms with Gasteiger partial charge < -0.3 is 9.88 Å². The maximum absolute atomic E-state index is 12.6. The van der Waals surface area contributed by atoms with E-state index in [2.05, 4.69) is 57.0 Å². The van der Waals surface area contributed by atoms with Crippen molar-refractivity contribution >= 4 is 33.6 Å². The van der Waals surface area contributed by atoms with E-state index in [0.717, 1.165) is 33.5 Å². The van der Waals surface area contributed by atoms with Gasteiger partial charge in [-0.2, -0.15) is 5.26 Å². The van der Waals surface area contributed by atoms with Crippen molar-refractivity contribution in [1.29, 1.82) is 5.26 Å². The van der Waals surface area contributed by atoms with Crippen molar-refractivity contribution < 1.29 is 4.79 Å². The van der Waals surface area contributed by atoms with Gasteiger partial charge in [0.05, 0.1) is 0 Å². The van der Waals surface area contributed by atoms with E-state index < -0.39 is 5.91 Å². The number of nitrogens with zero attached hydrogens (tertiary/aromatic N) is 2. The molecule has 0 atom stereocenters. The van der Waals surface area contributed by atoms with Crippen LogP contribution in [0.2, 0.25) is 0 Å². The molecule has 3 aromatic rings. The van der Waals surface area contributed by atoms with Crippen LogP contribution in [0.5, 0.6) is 0 Å². The van der Waals surface area contributed by atoms with Gasteiger partial charge in [0.1, 0.15) is 11.6 Å². The van der Waals surface area contributed by atoms with Crippen molar-refractivity contribution in [3.8, 4) is 11.8 Å². The summed E-state index contributed by atoms with van der Waals surface area (Å²) < 4.78 is 3.07. The first-order valence-electron chi connectivity index (χ1n) is 10.4. The third-order valence-corrected chi connectivity index (χ3v) is 5.78. The Bertz CT molecular complexity index is 1130. The van der Waals surface area contributed by atoms with Crippen LogP contribution in [0.3, 0.4) is 0 Å². The van der Waals surface area contributed by atoms with E-state index >= 15 is 0 Å². The van der Waals surface area contributed by atoms with E-state index in [-0.39, 0.29) is 5.57 Å². The summed E-state index contributed by atoms with van der Waals surface area (Å²) in [4.78, 5) is 12.6. The van der Waals surface area contributed by atoms with Gasteiger partial charge in [-0.15, -0.1) is 0 Å². The average Bonchev–Trinajstić information content (AvgIpc) is 3.05. The van der Waals surface area contributed by atoms with Gasteiger partial charge in [-0.3, -0.25) is 4.79 Å². The number of hydrogen-bond acceptors (Lipinski definition) is 2. The zero-order valence-electron chi connectivity index (χ0n) is 18.1. The number of aromatic nitrogens is 1. The number of halogens is 1. The summed E-state index contributed by atoms with van der Waals surface area (Å²) in [5.74, 6) is -0.421. The third kappa shape index (κ3) is 5.53. The molecule has 0 unspecified atom stereocenters. The number of carbonyl (C=O) groups is 1. The van der Waals surface area contributed by atoms with Crippen LogP contribution in [-0.2, 0) is 11.2 Å². The van der Waals surface area contributed by atoms with E-state index in [4.69, 9.17) is 0 Å². The van der Waals surface area contributed by atoms with E-state index in [1.807, 2.05) is 38.1 Å². The van der Waals surface area contributed by atoms with Gasteiger partial charge in [-0.25, -0.2) is 0 Å². The van der Waals surface area contributed by atoms with Gasteiger partial charge in [0.2, 0.25) is 0 Å². The fourth-order valence-electron chi connectivity index (χ4n) is 3.56. The number of nitriles is 1. The summed E-state index contributed by atoms with van der Waals surface area (Å²) in [6.07, 6.45) is 5.12. The molecule has 1 amide bonds. The van der Waals surface area contributed by atoms with E-state index in [1.165, 1.54) is 18.4 Å². The molecule has 1 aromatic heterocycles. The van der Waals surface area contributed by atoms with Gasteiger partial charge >= 0.3 is 0 Å². The molecule has 0 fully saturated rings. The molecular weight excluding hydrogens is 450 g/mol. The number of aryl methyl sites for hydroxylation is 2. The molecule has 3 rings (SSSR count). The number of rotatable bonds is 7. The number of unbranched alkanes of at least 4 members (excludes halogenated alkanes) is 1. The maximum atomic E-state index is 12.6. The highest BCUT2D eigenvalue weighted by molar-refractivity contribution is 9.10. The molecule has 0 aliphatic rings. The Balaban J connectivity index is 1.85. The first-order chi connectivity index (χ1) is 14.9. The number of carbonyl (C=O) groups excluding carboxylic acids is 1. The molecule has 31 heavy (non-hydrogen) atoms. The van der Waals surface area contributed by atoms with Crippen molar-refractivity contribution in [2.75, 3.05) is 5.32 Å². The minimum Gasteiger partial charge on any atom is -0.321 e. The quantitative estimate of drug-likeness (QED) is 0.303. The highest BCUT2D eigenvalue weighted by atomic mass is 79.9. The van der Waals surface area contributed by atoms with Crippen LogP contribution in [0.15, 0.2) is 64.6 Å². The molecule has 158 valence electrons. The SMILES string of the molecule is CCCCc1ccc(-n2c(C)cc(/C=C(/C#N)C(=O)Nc3ccc(Br)cc3)c2C)cc1. The van der Waals surface area contributed by atoms with Crippen LogP contribution in [0, 0.1) is 25.2 Å². The number of amides is 1. The second kappa shape index (κ2) is 10.3. The smallest absolute Gasteiger partial charge is 0.266 e. The van der Waals surface area contributed by atoms with Crippen molar-refractivity contribution in [3.63, 3.8) is 0 Å². The average molecular weight is 476 g/mol. The van der Waals surface area contributed by atoms with Gasteiger partial charge in [0.15, 0.2) is 0 Å². The molecular formula is C26H26BrN3O. The largest absolute Gasteiger partial charge is 0.321 e. The topological polar surface area (TPSA) is 57.8 Å². The molecule has 0 saturated carbocycles. The van der Waals surface area contributed by atoms with Crippen LogP contribution in [0.4, 0.5) is 5.69 Å². The fraction of sp³-hybridized carbons (Fsp3) is 0.231. The molecule has 0 bridgehead atoms. The Hall–Kier alpha value is -3.10. The van der Waals surface area contributed by atoms with Crippen LogP contribution in [0.25, 0.3) is 11.8 Å². The van der Waals surface area contributed by atoms with Crippen molar-refractivity contribution in [2.45, 2.75) is 40.0 Å². The van der Waals surface area contributed by atoms with Gasteiger partial charge in [0.25, 0.3) is 5.91 Å². The van der Waals surface area contributed by atoms with Crippen molar-refractivity contribution in [1.82, 2.24) is 4.57 Å². The Morgan fingerprint density at radius 3 is 2.42 bits per heavy atom. The lowest BCUT2D eigenvalue weighted by Crippen LogP contribution is -2.13. The zero-order chi connectivity index (χ0) is 22.4.